The number of nitrogens with one attached hydrogen (secondary N) is 1. The van der Waals surface area contributed by atoms with E-state index in [1.165, 1.54) is 11.0 Å². The Morgan fingerprint density at radius 1 is 1.35 bits per heavy atom. The van der Waals surface area contributed by atoms with Gasteiger partial charge in [-0.3, -0.25) is 4.90 Å². The van der Waals surface area contributed by atoms with Crippen LogP contribution in [-0.4, -0.2) is 60.0 Å². The van der Waals surface area contributed by atoms with Crippen LogP contribution < -0.4 is 5.32 Å². The molecule has 1 saturated heterocycles. The van der Waals surface area contributed by atoms with Crippen molar-refractivity contribution < 1.29 is 28.6 Å². The summed E-state index contributed by atoms with van der Waals surface area (Å²) in [6.45, 7) is 10.9. The summed E-state index contributed by atoms with van der Waals surface area (Å²) in [6.07, 6.45) is 2.30. The minimum atomic E-state index is -0.637. The molecule has 1 N–H and O–H groups in total. The van der Waals surface area contributed by atoms with Gasteiger partial charge >= 0.3 is 18.2 Å². The van der Waals surface area contributed by atoms with E-state index in [1.807, 2.05) is 0 Å². The first-order valence-corrected chi connectivity index (χ1v) is 8.61. The maximum absolute atomic E-state index is 12.4. The number of fused-ring (bicyclic) bond motifs is 1. The molecule has 0 aromatic heterocycles. The lowest BCUT2D eigenvalue weighted by Crippen LogP contribution is -2.43. The van der Waals surface area contributed by atoms with Crippen LogP contribution in [-0.2, 0) is 19.0 Å². The van der Waals surface area contributed by atoms with Gasteiger partial charge in [0.15, 0.2) is 0 Å². The van der Waals surface area contributed by atoms with E-state index in [0.717, 1.165) is 0 Å². The van der Waals surface area contributed by atoms with Gasteiger partial charge in [-0.05, 0) is 33.8 Å². The summed E-state index contributed by atoms with van der Waals surface area (Å²) in [7, 11) is 0. The van der Waals surface area contributed by atoms with Crippen LogP contribution >= 0.6 is 0 Å². The molecule has 2 rings (SSSR count). The third-order valence-electron chi connectivity index (χ3n) is 3.90. The van der Waals surface area contributed by atoms with Crippen LogP contribution in [0.3, 0.4) is 0 Å². The lowest BCUT2D eigenvalue weighted by molar-refractivity contribution is -0.138. The highest BCUT2D eigenvalue weighted by Crippen LogP contribution is 2.40. The number of hydrogen-bond acceptors (Lipinski definition) is 6. The summed E-state index contributed by atoms with van der Waals surface area (Å²) < 4.78 is 15.4. The molecule has 0 bridgehead atoms. The fourth-order valence-electron chi connectivity index (χ4n) is 2.91. The smallest absolute Gasteiger partial charge is 0.411 e. The van der Waals surface area contributed by atoms with E-state index in [0.29, 0.717) is 5.57 Å². The van der Waals surface area contributed by atoms with Gasteiger partial charge in [-0.25, -0.2) is 14.4 Å². The Labute approximate surface area is 153 Å². The summed E-state index contributed by atoms with van der Waals surface area (Å²) >= 11 is 0. The first kappa shape index (κ1) is 19.8. The van der Waals surface area contributed by atoms with E-state index in [9.17, 15) is 14.4 Å². The molecule has 0 radical (unpaired) electrons. The number of carbonyl (C=O) groups excluding carboxylic acids is 3. The summed E-state index contributed by atoms with van der Waals surface area (Å²) in [5.74, 6) is -0.451. The molecule has 8 heteroatoms. The van der Waals surface area contributed by atoms with Crippen molar-refractivity contribution in [3.05, 3.63) is 24.3 Å². The van der Waals surface area contributed by atoms with Gasteiger partial charge in [-0.2, -0.15) is 0 Å². The zero-order chi connectivity index (χ0) is 19.5. The minimum Gasteiger partial charge on any atom is -0.463 e. The maximum atomic E-state index is 12.4. The highest BCUT2D eigenvalue weighted by molar-refractivity contribution is 5.90. The Balaban J connectivity index is 2.13. The van der Waals surface area contributed by atoms with Crippen LogP contribution in [0.15, 0.2) is 24.3 Å². The largest absolute Gasteiger partial charge is 0.463 e. The normalized spacial score (nSPS) is 23.9. The van der Waals surface area contributed by atoms with Gasteiger partial charge in [0.1, 0.15) is 12.2 Å². The third kappa shape index (κ3) is 4.77. The first-order chi connectivity index (χ1) is 12.2. The Morgan fingerprint density at radius 2 is 2.04 bits per heavy atom. The Bertz CT molecular complexity index is 622. The summed E-state index contributed by atoms with van der Waals surface area (Å²) in [6, 6.07) is -1.06. The molecule has 1 fully saturated rings. The van der Waals surface area contributed by atoms with Crippen molar-refractivity contribution in [1.82, 2.24) is 10.2 Å². The van der Waals surface area contributed by atoms with Crippen molar-refractivity contribution in [2.45, 2.75) is 57.8 Å². The lowest BCUT2D eigenvalue weighted by atomic mass is 9.95. The molecule has 2 amide bonds. The van der Waals surface area contributed by atoms with E-state index in [-0.39, 0.29) is 31.7 Å². The molecule has 144 valence electrons. The van der Waals surface area contributed by atoms with Gasteiger partial charge in [0, 0.05) is 12.0 Å². The van der Waals surface area contributed by atoms with Crippen molar-refractivity contribution in [2.75, 3.05) is 13.2 Å². The van der Waals surface area contributed by atoms with Gasteiger partial charge in [-0.15, -0.1) is 0 Å². The average Bonchev–Trinajstić information content (AvgIpc) is 3.26. The van der Waals surface area contributed by atoms with Crippen LogP contribution in [0.25, 0.3) is 0 Å². The number of amides is 2. The molecule has 1 heterocycles. The fourth-order valence-corrected chi connectivity index (χ4v) is 2.91. The van der Waals surface area contributed by atoms with Crippen LogP contribution in [0, 0.1) is 0 Å². The number of hydrogen-bond donors (Lipinski definition) is 1. The van der Waals surface area contributed by atoms with Crippen LogP contribution in [0.5, 0.6) is 0 Å². The Morgan fingerprint density at radius 3 is 2.62 bits per heavy atom. The van der Waals surface area contributed by atoms with Gasteiger partial charge < -0.3 is 19.5 Å². The molecule has 0 spiro atoms. The quantitative estimate of drug-likeness (QED) is 0.347. The minimum absolute atomic E-state index is 0.0724. The average molecular weight is 366 g/mol. The number of ether oxygens (including phenoxy) is 3. The maximum Gasteiger partial charge on any atom is 0.411 e. The van der Waals surface area contributed by atoms with Crippen molar-refractivity contribution in [3.8, 4) is 0 Å². The number of esters is 1. The predicted octanol–water partition coefficient (Wildman–Crippen LogP) is 2.15. The van der Waals surface area contributed by atoms with Crippen molar-refractivity contribution in [1.29, 1.82) is 0 Å². The molecule has 0 aromatic rings. The molecule has 0 unspecified atom stereocenters. The van der Waals surface area contributed by atoms with Gasteiger partial charge in [-0.1, -0.05) is 12.7 Å². The fraction of sp³-hybridized carbons (Fsp3) is 0.611. The highest BCUT2D eigenvalue weighted by Gasteiger charge is 2.58. The van der Waals surface area contributed by atoms with E-state index in [2.05, 4.69) is 11.9 Å². The molecule has 0 aromatic carbocycles. The van der Waals surface area contributed by atoms with Gasteiger partial charge in [0.25, 0.3) is 0 Å². The molecular formula is C18H26N2O6. The molecule has 1 aliphatic carbocycles. The lowest BCUT2D eigenvalue weighted by Gasteiger charge is -2.22. The highest BCUT2D eigenvalue weighted by atomic mass is 16.6. The van der Waals surface area contributed by atoms with E-state index in [4.69, 9.17) is 14.2 Å². The third-order valence-corrected chi connectivity index (χ3v) is 3.90. The second-order valence-corrected chi connectivity index (χ2v) is 7.12. The second kappa shape index (κ2) is 7.80. The number of nitrogens with zero attached hydrogens (tertiary/aromatic N) is 1. The number of rotatable bonds is 5. The zero-order valence-electron chi connectivity index (χ0n) is 15.6. The predicted molar refractivity (Wildman–Crippen MR) is 93.5 cm³/mol. The van der Waals surface area contributed by atoms with Crippen LogP contribution in [0.1, 0.15) is 34.1 Å². The van der Waals surface area contributed by atoms with E-state index < -0.39 is 29.8 Å². The SMILES string of the molecule is C=CCOC(=O)N[C@@H]1CC(C(=O)OCC)=C[C@@H]2[C@H]1N2C(=O)OC(C)(C)C. The van der Waals surface area contributed by atoms with Gasteiger partial charge in [0.2, 0.25) is 0 Å². The molecule has 2 aliphatic rings. The van der Waals surface area contributed by atoms with Crippen LogP contribution in [0.2, 0.25) is 0 Å². The zero-order valence-corrected chi connectivity index (χ0v) is 15.6. The van der Waals surface area contributed by atoms with Crippen molar-refractivity contribution in [3.63, 3.8) is 0 Å². The Hall–Kier alpha value is -2.51. The Kier molecular flexibility index (Phi) is 5.94. The van der Waals surface area contributed by atoms with Gasteiger partial charge in [0.05, 0.1) is 24.7 Å². The van der Waals surface area contributed by atoms with E-state index in [1.54, 1.807) is 33.8 Å². The first-order valence-electron chi connectivity index (χ1n) is 8.61. The molecule has 26 heavy (non-hydrogen) atoms. The number of carbonyl (C=O) groups is 3. The standard InChI is InChI=1S/C18H26N2O6/c1-6-8-25-16(22)19-12-9-11(15(21)24-7-2)10-13-14(12)20(13)17(23)26-18(3,4)5/h6,10,12-14H,1,7-9H2,2-5H3,(H,19,22)/t12-,13-,14+,20?/m1/s1. The topological polar surface area (TPSA) is 93.9 Å². The monoisotopic (exact) mass is 366 g/mol. The molecule has 8 nitrogen and oxygen atoms in total. The second-order valence-electron chi connectivity index (χ2n) is 7.12. The van der Waals surface area contributed by atoms with Crippen LogP contribution in [0.4, 0.5) is 9.59 Å². The summed E-state index contributed by atoms with van der Waals surface area (Å²) in [4.78, 5) is 37.9. The molecule has 3 atom stereocenters. The van der Waals surface area contributed by atoms with E-state index >= 15 is 0 Å². The summed E-state index contributed by atoms with van der Waals surface area (Å²) in [5, 5.41) is 2.71. The molecule has 1 aliphatic heterocycles. The molecular weight excluding hydrogens is 340 g/mol. The molecule has 0 saturated carbocycles. The van der Waals surface area contributed by atoms with Crippen molar-refractivity contribution in [2.24, 2.45) is 0 Å². The van der Waals surface area contributed by atoms with Crippen molar-refractivity contribution >= 4 is 18.2 Å². The number of alkyl carbamates (subject to hydrolysis) is 1. The summed E-state index contributed by atoms with van der Waals surface area (Å²) in [5.41, 5.74) is -0.212.